The molecule has 90 valence electrons. The lowest BCUT2D eigenvalue weighted by Crippen LogP contribution is -2.19. The first-order valence-electron chi connectivity index (χ1n) is 5.17. The van der Waals surface area contributed by atoms with Crippen molar-refractivity contribution in [2.24, 2.45) is 0 Å². The van der Waals surface area contributed by atoms with Gasteiger partial charge in [-0.25, -0.2) is 0 Å². The number of hydrogen-bond donors (Lipinski definition) is 1. The SMILES string of the molecule is COC(=O)CCCNC(C)c1cc(Br)cs1. The number of thiophene rings is 1. The van der Waals surface area contributed by atoms with Crippen molar-refractivity contribution >= 4 is 33.2 Å². The lowest BCUT2D eigenvalue weighted by atomic mass is 10.2. The van der Waals surface area contributed by atoms with Gasteiger partial charge >= 0.3 is 5.97 Å². The van der Waals surface area contributed by atoms with E-state index in [1.165, 1.54) is 12.0 Å². The molecule has 1 atom stereocenters. The van der Waals surface area contributed by atoms with Crippen molar-refractivity contribution in [3.05, 3.63) is 20.8 Å². The molecule has 0 aliphatic rings. The van der Waals surface area contributed by atoms with Crippen molar-refractivity contribution in [3.8, 4) is 0 Å². The van der Waals surface area contributed by atoms with E-state index in [-0.39, 0.29) is 5.97 Å². The third-order valence-electron chi connectivity index (χ3n) is 2.25. The van der Waals surface area contributed by atoms with E-state index in [4.69, 9.17) is 0 Å². The molecule has 0 aromatic carbocycles. The molecule has 0 radical (unpaired) electrons. The van der Waals surface area contributed by atoms with Crippen molar-refractivity contribution in [1.29, 1.82) is 0 Å². The van der Waals surface area contributed by atoms with Crippen molar-refractivity contribution in [2.45, 2.75) is 25.8 Å². The Bertz CT molecular complexity index is 340. The Kier molecular flexibility index (Phi) is 6.01. The highest BCUT2D eigenvalue weighted by molar-refractivity contribution is 9.10. The number of carbonyl (C=O) groups is 1. The van der Waals surface area contributed by atoms with Crippen LogP contribution in [0.1, 0.15) is 30.7 Å². The highest BCUT2D eigenvalue weighted by Crippen LogP contribution is 2.25. The van der Waals surface area contributed by atoms with Gasteiger partial charge in [-0.2, -0.15) is 0 Å². The van der Waals surface area contributed by atoms with Crippen LogP contribution in [0.15, 0.2) is 15.9 Å². The maximum atomic E-state index is 10.9. The van der Waals surface area contributed by atoms with E-state index < -0.39 is 0 Å². The van der Waals surface area contributed by atoms with Gasteiger partial charge in [0.2, 0.25) is 0 Å². The zero-order chi connectivity index (χ0) is 12.0. The van der Waals surface area contributed by atoms with E-state index in [1.807, 2.05) is 0 Å². The molecule has 3 nitrogen and oxygen atoms in total. The lowest BCUT2D eigenvalue weighted by molar-refractivity contribution is -0.140. The number of halogens is 1. The quantitative estimate of drug-likeness (QED) is 0.648. The summed E-state index contributed by atoms with van der Waals surface area (Å²) >= 11 is 5.16. The summed E-state index contributed by atoms with van der Waals surface area (Å²) in [7, 11) is 1.42. The van der Waals surface area contributed by atoms with Crippen LogP contribution in [0.4, 0.5) is 0 Å². The molecule has 0 aliphatic carbocycles. The fraction of sp³-hybridized carbons (Fsp3) is 0.545. The Labute approximate surface area is 108 Å². The van der Waals surface area contributed by atoms with Gasteiger partial charge in [-0.1, -0.05) is 0 Å². The van der Waals surface area contributed by atoms with Gasteiger partial charge in [0, 0.05) is 27.2 Å². The number of methoxy groups -OCH3 is 1. The Hall–Kier alpha value is -0.390. The summed E-state index contributed by atoms with van der Waals surface area (Å²) < 4.78 is 5.70. The predicted octanol–water partition coefficient (Wildman–Crippen LogP) is 3.11. The number of esters is 1. The normalized spacial score (nSPS) is 12.4. The first-order valence-corrected chi connectivity index (χ1v) is 6.85. The van der Waals surface area contributed by atoms with Gasteiger partial charge in [-0.15, -0.1) is 11.3 Å². The van der Waals surface area contributed by atoms with E-state index in [0.717, 1.165) is 17.4 Å². The van der Waals surface area contributed by atoms with E-state index in [9.17, 15) is 4.79 Å². The van der Waals surface area contributed by atoms with Crippen LogP contribution < -0.4 is 5.32 Å². The Balaban J connectivity index is 2.20. The van der Waals surface area contributed by atoms with E-state index in [0.29, 0.717) is 12.5 Å². The predicted molar refractivity (Wildman–Crippen MR) is 69.7 cm³/mol. The average molecular weight is 306 g/mol. The zero-order valence-corrected chi connectivity index (χ0v) is 11.9. The Morgan fingerprint density at radius 2 is 2.44 bits per heavy atom. The minimum atomic E-state index is -0.145. The molecule has 1 aromatic rings. The van der Waals surface area contributed by atoms with Crippen LogP contribution in [-0.4, -0.2) is 19.6 Å². The number of hydrogen-bond acceptors (Lipinski definition) is 4. The van der Waals surface area contributed by atoms with Crippen LogP contribution in [0, 0.1) is 0 Å². The molecular formula is C11H16BrNO2S. The molecule has 0 fully saturated rings. The summed E-state index contributed by atoms with van der Waals surface area (Å²) in [4.78, 5) is 12.2. The number of rotatable bonds is 6. The molecule has 16 heavy (non-hydrogen) atoms. The van der Waals surface area contributed by atoms with E-state index >= 15 is 0 Å². The van der Waals surface area contributed by atoms with Gasteiger partial charge in [0.15, 0.2) is 0 Å². The van der Waals surface area contributed by atoms with Crippen molar-refractivity contribution in [1.82, 2.24) is 5.32 Å². The monoisotopic (exact) mass is 305 g/mol. The first-order chi connectivity index (χ1) is 7.63. The standard InChI is InChI=1S/C11H16BrNO2S/c1-8(10-6-9(12)7-16-10)13-5-3-4-11(14)15-2/h6-8,13H,3-5H2,1-2H3. The maximum absolute atomic E-state index is 10.9. The summed E-state index contributed by atoms with van der Waals surface area (Å²) in [6.07, 6.45) is 1.29. The molecule has 0 saturated heterocycles. The second-order valence-electron chi connectivity index (χ2n) is 3.52. The van der Waals surface area contributed by atoms with Crippen LogP contribution in [0.25, 0.3) is 0 Å². The fourth-order valence-corrected chi connectivity index (χ4v) is 2.79. The van der Waals surface area contributed by atoms with Crippen LogP contribution in [0.2, 0.25) is 0 Å². The number of carbonyl (C=O) groups excluding carboxylic acids is 1. The summed E-state index contributed by atoms with van der Waals surface area (Å²) in [5.74, 6) is -0.145. The van der Waals surface area contributed by atoms with Crippen molar-refractivity contribution < 1.29 is 9.53 Å². The second kappa shape index (κ2) is 7.04. The van der Waals surface area contributed by atoms with Crippen LogP contribution >= 0.6 is 27.3 Å². The van der Waals surface area contributed by atoms with Crippen LogP contribution in [0.5, 0.6) is 0 Å². The van der Waals surface area contributed by atoms with Crippen molar-refractivity contribution in [2.75, 3.05) is 13.7 Å². The molecule has 0 saturated carbocycles. The molecule has 0 amide bonds. The highest BCUT2D eigenvalue weighted by Gasteiger charge is 2.07. The van der Waals surface area contributed by atoms with Gasteiger partial charge in [-0.05, 0) is 41.9 Å². The largest absolute Gasteiger partial charge is 0.469 e. The zero-order valence-electron chi connectivity index (χ0n) is 9.46. The highest BCUT2D eigenvalue weighted by atomic mass is 79.9. The van der Waals surface area contributed by atoms with Crippen LogP contribution in [-0.2, 0) is 9.53 Å². The third kappa shape index (κ3) is 4.63. The number of ether oxygens (including phenoxy) is 1. The van der Waals surface area contributed by atoms with E-state index in [1.54, 1.807) is 11.3 Å². The molecule has 0 spiro atoms. The lowest BCUT2D eigenvalue weighted by Gasteiger charge is -2.11. The third-order valence-corrected chi connectivity index (χ3v) is 4.13. The van der Waals surface area contributed by atoms with Gasteiger partial charge in [0.25, 0.3) is 0 Å². The molecule has 1 unspecified atom stereocenters. The molecule has 1 rings (SSSR count). The molecule has 1 N–H and O–H groups in total. The van der Waals surface area contributed by atoms with Gasteiger partial charge in [0.05, 0.1) is 7.11 Å². The maximum Gasteiger partial charge on any atom is 0.305 e. The molecular weight excluding hydrogens is 290 g/mol. The first kappa shape index (κ1) is 13.7. The van der Waals surface area contributed by atoms with Crippen molar-refractivity contribution in [3.63, 3.8) is 0 Å². The summed E-state index contributed by atoms with van der Waals surface area (Å²) in [6.45, 7) is 2.95. The average Bonchev–Trinajstić information content (AvgIpc) is 2.70. The molecule has 5 heteroatoms. The molecule has 0 bridgehead atoms. The summed E-state index contributed by atoms with van der Waals surface area (Å²) in [5, 5.41) is 5.44. The molecule has 1 heterocycles. The summed E-state index contributed by atoms with van der Waals surface area (Å²) in [5.41, 5.74) is 0. The molecule has 1 aromatic heterocycles. The minimum Gasteiger partial charge on any atom is -0.469 e. The smallest absolute Gasteiger partial charge is 0.305 e. The van der Waals surface area contributed by atoms with Gasteiger partial charge < -0.3 is 10.1 Å². The molecule has 0 aliphatic heterocycles. The topological polar surface area (TPSA) is 38.3 Å². The van der Waals surface area contributed by atoms with Crippen LogP contribution in [0.3, 0.4) is 0 Å². The number of nitrogens with one attached hydrogen (secondary N) is 1. The fourth-order valence-electron chi connectivity index (χ4n) is 1.31. The summed E-state index contributed by atoms with van der Waals surface area (Å²) in [6, 6.07) is 2.44. The van der Waals surface area contributed by atoms with Gasteiger partial charge in [-0.3, -0.25) is 4.79 Å². The van der Waals surface area contributed by atoms with E-state index in [2.05, 4.69) is 44.4 Å². The minimum absolute atomic E-state index is 0.145. The van der Waals surface area contributed by atoms with Gasteiger partial charge in [0.1, 0.15) is 0 Å². The second-order valence-corrected chi connectivity index (χ2v) is 5.38. The Morgan fingerprint density at radius 1 is 1.69 bits per heavy atom. The Morgan fingerprint density at radius 3 is 3.00 bits per heavy atom.